The number of nitrogens with one attached hydrogen (secondary N) is 1. The Bertz CT molecular complexity index is 375. The minimum Gasteiger partial charge on any atom is -0.490 e. The second-order valence-corrected chi connectivity index (χ2v) is 4.01. The van der Waals surface area contributed by atoms with Gasteiger partial charge in [0.1, 0.15) is 0 Å². The standard InChI is InChI=1S/C12H18N2O2/c1-8(2)7-16-11-9(12(15)14-3)5-4-6-10(11)13/h4-6,8H,7,13H2,1-3H3,(H,14,15). The van der Waals surface area contributed by atoms with Gasteiger partial charge in [0.25, 0.3) is 5.91 Å². The van der Waals surface area contributed by atoms with Crippen molar-refractivity contribution in [2.75, 3.05) is 19.4 Å². The van der Waals surface area contributed by atoms with Crippen molar-refractivity contribution >= 4 is 11.6 Å². The van der Waals surface area contributed by atoms with E-state index in [-0.39, 0.29) is 5.91 Å². The number of para-hydroxylation sites is 1. The molecule has 3 N–H and O–H groups in total. The molecule has 0 aliphatic carbocycles. The van der Waals surface area contributed by atoms with Crippen LogP contribution in [0.5, 0.6) is 5.75 Å². The van der Waals surface area contributed by atoms with E-state index in [1.165, 1.54) is 0 Å². The second-order valence-electron chi connectivity index (χ2n) is 4.01. The SMILES string of the molecule is CNC(=O)c1cccc(N)c1OCC(C)C. The molecule has 0 saturated carbocycles. The number of hydrogen-bond acceptors (Lipinski definition) is 3. The molecule has 4 heteroatoms. The van der Waals surface area contributed by atoms with Gasteiger partial charge in [-0.15, -0.1) is 0 Å². The summed E-state index contributed by atoms with van der Waals surface area (Å²) >= 11 is 0. The van der Waals surface area contributed by atoms with Gasteiger partial charge in [0, 0.05) is 7.05 Å². The molecule has 0 aliphatic heterocycles. The van der Waals surface area contributed by atoms with Gasteiger partial charge >= 0.3 is 0 Å². The highest BCUT2D eigenvalue weighted by Gasteiger charge is 2.14. The average Bonchev–Trinajstić information content (AvgIpc) is 2.25. The molecule has 16 heavy (non-hydrogen) atoms. The molecule has 1 aromatic carbocycles. The molecule has 0 heterocycles. The lowest BCUT2D eigenvalue weighted by Crippen LogP contribution is -2.20. The number of carbonyl (C=O) groups is 1. The number of nitrogens with two attached hydrogens (primary N) is 1. The molecule has 0 fully saturated rings. The molecule has 0 saturated heterocycles. The van der Waals surface area contributed by atoms with Crippen LogP contribution < -0.4 is 15.8 Å². The number of benzene rings is 1. The van der Waals surface area contributed by atoms with E-state index < -0.39 is 0 Å². The number of amides is 1. The summed E-state index contributed by atoms with van der Waals surface area (Å²) in [5, 5.41) is 2.56. The maximum absolute atomic E-state index is 11.6. The lowest BCUT2D eigenvalue weighted by Gasteiger charge is -2.14. The fraction of sp³-hybridized carbons (Fsp3) is 0.417. The van der Waals surface area contributed by atoms with Crippen LogP contribution >= 0.6 is 0 Å². The van der Waals surface area contributed by atoms with Crippen molar-refractivity contribution in [1.82, 2.24) is 5.32 Å². The second kappa shape index (κ2) is 5.39. The molecule has 0 bridgehead atoms. The molecular weight excluding hydrogens is 204 g/mol. The molecule has 0 aliphatic rings. The van der Waals surface area contributed by atoms with Crippen LogP contribution in [0.25, 0.3) is 0 Å². The quantitative estimate of drug-likeness (QED) is 0.761. The third-order valence-electron chi connectivity index (χ3n) is 2.08. The van der Waals surface area contributed by atoms with E-state index >= 15 is 0 Å². The summed E-state index contributed by atoms with van der Waals surface area (Å²) in [4.78, 5) is 11.6. The van der Waals surface area contributed by atoms with Crippen molar-refractivity contribution < 1.29 is 9.53 Å². The van der Waals surface area contributed by atoms with Gasteiger partial charge in [-0.05, 0) is 18.1 Å². The first-order valence-electron chi connectivity index (χ1n) is 5.29. The van der Waals surface area contributed by atoms with Gasteiger partial charge in [-0.3, -0.25) is 4.79 Å². The number of ether oxygens (including phenoxy) is 1. The van der Waals surface area contributed by atoms with Crippen LogP contribution in [-0.4, -0.2) is 19.6 Å². The zero-order valence-corrected chi connectivity index (χ0v) is 9.91. The van der Waals surface area contributed by atoms with Crippen LogP contribution in [0.4, 0.5) is 5.69 Å². The molecule has 0 atom stereocenters. The number of nitrogen functional groups attached to an aromatic ring is 1. The summed E-state index contributed by atoms with van der Waals surface area (Å²) < 4.78 is 5.57. The van der Waals surface area contributed by atoms with Crippen molar-refractivity contribution in [3.05, 3.63) is 23.8 Å². The maximum atomic E-state index is 11.6. The molecule has 4 nitrogen and oxygen atoms in total. The zero-order chi connectivity index (χ0) is 12.1. The minimum absolute atomic E-state index is 0.189. The van der Waals surface area contributed by atoms with Crippen molar-refractivity contribution in [1.29, 1.82) is 0 Å². The number of hydrogen-bond donors (Lipinski definition) is 2. The van der Waals surface area contributed by atoms with E-state index in [0.717, 1.165) is 0 Å². The average molecular weight is 222 g/mol. The molecule has 0 spiro atoms. The van der Waals surface area contributed by atoms with Gasteiger partial charge in [-0.1, -0.05) is 19.9 Å². The van der Waals surface area contributed by atoms with E-state index in [2.05, 4.69) is 5.32 Å². The first kappa shape index (κ1) is 12.4. The summed E-state index contributed by atoms with van der Waals surface area (Å²) in [7, 11) is 1.58. The first-order valence-corrected chi connectivity index (χ1v) is 5.29. The maximum Gasteiger partial charge on any atom is 0.254 e. The topological polar surface area (TPSA) is 64.4 Å². The fourth-order valence-corrected chi connectivity index (χ4v) is 1.28. The molecular formula is C12H18N2O2. The molecule has 0 radical (unpaired) electrons. The van der Waals surface area contributed by atoms with E-state index in [1.54, 1.807) is 25.2 Å². The van der Waals surface area contributed by atoms with E-state index in [4.69, 9.17) is 10.5 Å². The summed E-state index contributed by atoms with van der Waals surface area (Å²) in [5.41, 5.74) is 6.76. The molecule has 0 aromatic heterocycles. The summed E-state index contributed by atoms with van der Waals surface area (Å²) in [5.74, 6) is 0.666. The van der Waals surface area contributed by atoms with Crippen LogP contribution in [-0.2, 0) is 0 Å². The highest BCUT2D eigenvalue weighted by molar-refractivity contribution is 5.98. The van der Waals surface area contributed by atoms with Gasteiger partial charge < -0.3 is 15.8 Å². The Balaban J connectivity index is 2.99. The number of anilines is 1. The number of rotatable bonds is 4. The first-order chi connectivity index (χ1) is 7.56. The highest BCUT2D eigenvalue weighted by Crippen LogP contribution is 2.26. The minimum atomic E-state index is -0.189. The van der Waals surface area contributed by atoms with Crippen molar-refractivity contribution in [3.63, 3.8) is 0 Å². The van der Waals surface area contributed by atoms with Crippen LogP contribution in [0, 0.1) is 5.92 Å². The molecule has 88 valence electrons. The normalized spacial score (nSPS) is 10.2. The Kier molecular flexibility index (Phi) is 4.17. The lowest BCUT2D eigenvalue weighted by molar-refractivity contribution is 0.0958. The molecule has 1 aromatic rings. The molecule has 0 unspecified atom stereocenters. The third-order valence-corrected chi connectivity index (χ3v) is 2.08. The van der Waals surface area contributed by atoms with Gasteiger partial charge in [0.15, 0.2) is 5.75 Å². The van der Waals surface area contributed by atoms with Gasteiger partial charge in [-0.25, -0.2) is 0 Å². The smallest absolute Gasteiger partial charge is 0.254 e. The Morgan fingerprint density at radius 1 is 1.50 bits per heavy atom. The van der Waals surface area contributed by atoms with Crippen molar-refractivity contribution in [3.8, 4) is 5.75 Å². The largest absolute Gasteiger partial charge is 0.490 e. The van der Waals surface area contributed by atoms with Crippen LogP contribution in [0.2, 0.25) is 0 Å². The van der Waals surface area contributed by atoms with Gasteiger partial charge in [0.2, 0.25) is 0 Å². The van der Waals surface area contributed by atoms with Crippen LogP contribution in [0.3, 0.4) is 0 Å². The lowest BCUT2D eigenvalue weighted by atomic mass is 10.1. The summed E-state index contributed by atoms with van der Waals surface area (Å²) in [6.07, 6.45) is 0. The Morgan fingerprint density at radius 2 is 2.19 bits per heavy atom. The third kappa shape index (κ3) is 2.89. The van der Waals surface area contributed by atoms with E-state index in [1.807, 2.05) is 13.8 Å². The summed E-state index contributed by atoms with van der Waals surface area (Å²) in [6.45, 7) is 4.62. The summed E-state index contributed by atoms with van der Waals surface area (Å²) in [6, 6.07) is 5.16. The van der Waals surface area contributed by atoms with Gasteiger partial charge in [-0.2, -0.15) is 0 Å². The van der Waals surface area contributed by atoms with Crippen LogP contribution in [0.1, 0.15) is 24.2 Å². The predicted octanol–water partition coefficient (Wildman–Crippen LogP) is 1.66. The predicted molar refractivity (Wildman–Crippen MR) is 64.6 cm³/mol. The Morgan fingerprint density at radius 3 is 2.75 bits per heavy atom. The Hall–Kier alpha value is -1.71. The molecule has 1 amide bonds. The fourth-order valence-electron chi connectivity index (χ4n) is 1.28. The van der Waals surface area contributed by atoms with Gasteiger partial charge in [0.05, 0.1) is 17.9 Å². The van der Waals surface area contributed by atoms with E-state index in [0.29, 0.717) is 29.5 Å². The monoisotopic (exact) mass is 222 g/mol. The van der Waals surface area contributed by atoms with E-state index in [9.17, 15) is 4.79 Å². The zero-order valence-electron chi connectivity index (χ0n) is 9.91. The molecule has 1 rings (SSSR count). The van der Waals surface area contributed by atoms with Crippen LogP contribution in [0.15, 0.2) is 18.2 Å². The highest BCUT2D eigenvalue weighted by atomic mass is 16.5. The van der Waals surface area contributed by atoms with Crippen molar-refractivity contribution in [2.45, 2.75) is 13.8 Å². The Labute approximate surface area is 95.8 Å². The number of carbonyl (C=O) groups excluding carboxylic acids is 1. The van der Waals surface area contributed by atoms with Crippen molar-refractivity contribution in [2.24, 2.45) is 5.92 Å².